The number of hydrogen-bond acceptors (Lipinski definition) is 4. The molecular formula is C24H42N2O4+2. The molecule has 2 aliphatic rings. The Morgan fingerprint density at radius 2 is 1.17 bits per heavy atom. The Kier molecular flexibility index (Phi) is 9.25. The van der Waals surface area contributed by atoms with Crippen molar-refractivity contribution in [3.63, 3.8) is 0 Å². The van der Waals surface area contributed by atoms with Gasteiger partial charge in [-0.2, -0.15) is 0 Å². The molecule has 2 fully saturated rings. The molecule has 3 rings (SSSR count). The summed E-state index contributed by atoms with van der Waals surface area (Å²) in [6, 6.07) is 8.71. The van der Waals surface area contributed by atoms with Gasteiger partial charge in [-0.1, -0.05) is 0 Å². The molecule has 1 aromatic carbocycles. The van der Waals surface area contributed by atoms with Gasteiger partial charge in [0.05, 0.1) is 25.2 Å². The maximum Gasteiger partial charge on any atom is 0.137 e. The molecule has 6 nitrogen and oxygen atoms in total. The van der Waals surface area contributed by atoms with Gasteiger partial charge in [0, 0.05) is 0 Å². The van der Waals surface area contributed by atoms with Crippen LogP contribution in [0.3, 0.4) is 0 Å². The number of piperidine rings is 2. The zero-order chi connectivity index (χ0) is 21.3. The third-order valence-electron chi connectivity index (χ3n) is 6.87. The second-order valence-electron chi connectivity index (χ2n) is 9.42. The zero-order valence-electron chi connectivity index (χ0n) is 18.8. The Labute approximate surface area is 181 Å². The Hall–Kier alpha value is -1.34. The van der Waals surface area contributed by atoms with Crippen LogP contribution in [0.4, 0.5) is 0 Å². The highest BCUT2D eigenvalue weighted by atomic mass is 16.5. The van der Waals surface area contributed by atoms with E-state index < -0.39 is 12.2 Å². The maximum atomic E-state index is 10.3. The van der Waals surface area contributed by atoms with Crippen LogP contribution in [0.15, 0.2) is 24.3 Å². The van der Waals surface area contributed by atoms with E-state index in [0.29, 0.717) is 25.3 Å². The van der Waals surface area contributed by atoms with Crippen LogP contribution in [0.1, 0.15) is 52.4 Å². The lowest BCUT2D eigenvalue weighted by Crippen LogP contribution is -3.17. The fraction of sp³-hybridized carbons (Fsp3) is 0.750. The Morgan fingerprint density at radius 3 is 1.53 bits per heavy atom. The van der Waals surface area contributed by atoms with Crippen LogP contribution >= 0.6 is 0 Å². The minimum absolute atomic E-state index is 0.311. The first-order valence-electron chi connectivity index (χ1n) is 11.9. The number of quaternary nitrogens is 2. The maximum absolute atomic E-state index is 10.3. The lowest BCUT2D eigenvalue weighted by atomic mass is 10.0. The van der Waals surface area contributed by atoms with E-state index in [4.69, 9.17) is 9.47 Å². The predicted octanol–water partition coefficient (Wildman–Crippen LogP) is 0.0806. The van der Waals surface area contributed by atoms with E-state index in [2.05, 4.69) is 13.8 Å². The molecule has 2 heterocycles. The Balaban J connectivity index is 1.35. The molecule has 6 heteroatoms. The third kappa shape index (κ3) is 7.41. The molecule has 170 valence electrons. The molecule has 4 N–H and O–H groups in total. The van der Waals surface area contributed by atoms with Crippen LogP contribution in [0.5, 0.6) is 11.5 Å². The van der Waals surface area contributed by atoms with E-state index in [0.717, 1.165) is 37.7 Å². The smallest absolute Gasteiger partial charge is 0.137 e. The van der Waals surface area contributed by atoms with Crippen molar-refractivity contribution in [3.05, 3.63) is 24.3 Å². The standard InChI is InChI=1S/C24H40N2O4/c1-19-7-3-5-13-25(19)15-21(27)17-29-23-9-11-24(12-10-23)30-18-22(28)16-26-14-6-4-8-20(26)2/h9-12,19-22,27-28H,3-8,13-18H2,1-2H3/p+2/t19-,20+,21+,22-. The summed E-state index contributed by atoms with van der Waals surface area (Å²) in [4.78, 5) is 2.97. The predicted molar refractivity (Wildman–Crippen MR) is 117 cm³/mol. The summed E-state index contributed by atoms with van der Waals surface area (Å²) < 4.78 is 11.5. The summed E-state index contributed by atoms with van der Waals surface area (Å²) in [5.74, 6) is 1.46. The van der Waals surface area contributed by atoms with Gasteiger partial charge in [-0.25, -0.2) is 0 Å². The number of hydrogen-bond donors (Lipinski definition) is 4. The first kappa shape index (κ1) is 23.3. The Bertz CT molecular complexity index is 559. The van der Waals surface area contributed by atoms with Crippen LogP contribution in [0.2, 0.25) is 0 Å². The number of nitrogens with one attached hydrogen (secondary N) is 2. The fourth-order valence-corrected chi connectivity index (χ4v) is 4.85. The monoisotopic (exact) mass is 422 g/mol. The zero-order valence-corrected chi connectivity index (χ0v) is 18.8. The van der Waals surface area contributed by atoms with Crippen molar-refractivity contribution in [2.24, 2.45) is 0 Å². The van der Waals surface area contributed by atoms with Crippen molar-refractivity contribution in [1.29, 1.82) is 0 Å². The second-order valence-corrected chi connectivity index (χ2v) is 9.42. The molecule has 0 bridgehead atoms. The highest BCUT2D eigenvalue weighted by Crippen LogP contribution is 2.18. The van der Waals surface area contributed by atoms with Crippen molar-refractivity contribution in [3.8, 4) is 11.5 Å². The first-order valence-corrected chi connectivity index (χ1v) is 11.9. The summed E-state index contributed by atoms with van der Waals surface area (Å²) in [5, 5.41) is 20.7. The van der Waals surface area contributed by atoms with Crippen LogP contribution in [0.25, 0.3) is 0 Å². The van der Waals surface area contributed by atoms with E-state index in [-0.39, 0.29) is 0 Å². The average molecular weight is 423 g/mol. The largest absolute Gasteiger partial charge is 0.491 e. The minimum Gasteiger partial charge on any atom is -0.491 e. The Morgan fingerprint density at radius 1 is 0.767 bits per heavy atom. The molecule has 6 atom stereocenters. The van der Waals surface area contributed by atoms with Gasteiger partial charge in [0.1, 0.15) is 50.0 Å². The van der Waals surface area contributed by atoms with E-state index >= 15 is 0 Å². The normalized spacial score (nSPS) is 29.2. The van der Waals surface area contributed by atoms with Crippen molar-refractivity contribution < 1.29 is 29.5 Å². The van der Waals surface area contributed by atoms with Crippen molar-refractivity contribution >= 4 is 0 Å². The van der Waals surface area contributed by atoms with Crippen molar-refractivity contribution in [2.75, 3.05) is 39.4 Å². The molecule has 0 amide bonds. The molecule has 0 aromatic heterocycles. The van der Waals surface area contributed by atoms with Gasteiger partial charge in [0.15, 0.2) is 0 Å². The number of benzene rings is 1. The van der Waals surface area contributed by atoms with Crippen LogP contribution in [-0.2, 0) is 0 Å². The van der Waals surface area contributed by atoms with Gasteiger partial charge >= 0.3 is 0 Å². The molecule has 30 heavy (non-hydrogen) atoms. The molecule has 2 saturated heterocycles. The summed E-state index contributed by atoms with van der Waals surface area (Å²) in [6.45, 7) is 8.95. The number of aliphatic hydroxyl groups is 2. The highest BCUT2D eigenvalue weighted by Gasteiger charge is 2.25. The fourth-order valence-electron chi connectivity index (χ4n) is 4.85. The van der Waals surface area contributed by atoms with E-state index in [1.807, 2.05) is 24.3 Å². The molecule has 0 saturated carbocycles. The third-order valence-corrected chi connectivity index (χ3v) is 6.87. The van der Waals surface area contributed by atoms with Crippen LogP contribution in [-0.4, -0.2) is 73.9 Å². The summed E-state index contributed by atoms with van der Waals surface area (Å²) in [7, 11) is 0. The van der Waals surface area contributed by atoms with E-state index in [1.165, 1.54) is 48.3 Å². The quantitative estimate of drug-likeness (QED) is 0.431. The molecule has 2 unspecified atom stereocenters. The molecule has 1 aromatic rings. The lowest BCUT2D eigenvalue weighted by Gasteiger charge is -2.31. The number of likely N-dealkylation sites (tertiary alicyclic amines) is 2. The van der Waals surface area contributed by atoms with E-state index in [9.17, 15) is 10.2 Å². The van der Waals surface area contributed by atoms with Crippen LogP contribution in [0, 0.1) is 0 Å². The van der Waals surface area contributed by atoms with E-state index in [1.54, 1.807) is 0 Å². The number of rotatable bonds is 10. The van der Waals surface area contributed by atoms with Gasteiger partial charge in [-0.15, -0.1) is 0 Å². The van der Waals surface area contributed by atoms with Gasteiger partial charge in [0.2, 0.25) is 0 Å². The molecular weight excluding hydrogens is 380 g/mol. The highest BCUT2D eigenvalue weighted by molar-refractivity contribution is 5.31. The van der Waals surface area contributed by atoms with Crippen molar-refractivity contribution in [1.82, 2.24) is 0 Å². The molecule has 0 radical (unpaired) electrons. The minimum atomic E-state index is -0.452. The lowest BCUT2D eigenvalue weighted by molar-refractivity contribution is -0.931. The summed E-state index contributed by atoms with van der Waals surface area (Å²) in [5.41, 5.74) is 0. The van der Waals surface area contributed by atoms with Gasteiger partial charge in [-0.3, -0.25) is 0 Å². The van der Waals surface area contributed by atoms with Gasteiger partial charge in [-0.05, 0) is 76.6 Å². The molecule has 0 spiro atoms. The molecule has 2 aliphatic heterocycles. The topological polar surface area (TPSA) is 67.8 Å². The first-order chi connectivity index (χ1) is 14.5. The SMILES string of the molecule is C[C@@H]1CCCC[NH+]1C[C@H](O)COc1ccc(OC[C@H](O)C[NH+]2CCCC[C@@H]2C)cc1. The molecule has 0 aliphatic carbocycles. The number of ether oxygens (including phenoxy) is 2. The second kappa shape index (κ2) is 11.9. The average Bonchev–Trinajstić information content (AvgIpc) is 2.75. The summed E-state index contributed by atoms with van der Waals surface area (Å²) >= 11 is 0. The summed E-state index contributed by atoms with van der Waals surface area (Å²) in [6.07, 6.45) is 6.71. The van der Waals surface area contributed by atoms with Gasteiger partial charge in [0.25, 0.3) is 0 Å². The van der Waals surface area contributed by atoms with Crippen molar-refractivity contribution in [2.45, 2.75) is 76.7 Å². The van der Waals surface area contributed by atoms with Crippen LogP contribution < -0.4 is 19.3 Å². The number of aliphatic hydroxyl groups excluding tert-OH is 2. The van der Waals surface area contributed by atoms with Gasteiger partial charge < -0.3 is 29.5 Å².